The average Bonchev–Trinajstić information content (AvgIpc) is 2.19. The number of pyridine rings is 1. The molecule has 0 atom stereocenters. The first-order valence-corrected chi connectivity index (χ1v) is 5.32. The van der Waals surface area contributed by atoms with Crippen molar-refractivity contribution in [1.29, 1.82) is 0 Å². The van der Waals surface area contributed by atoms with Crippen LogP contribution in [0, 0.1) is 0 Å². The summed E-state index contributed by atoms with van der Waals surface area (Å²) in [5, 5.41) is 11.1. The van der Waals surface area contributed by atoms with Crippen LogP contribution in [0.4, 0.5) is 19.0 Å². The van der Waals surface area contributed by atoms with E-state index in [1.165, 1.54) is 6.20 Å². The van der Waals surface area contributed by atoms with E-state index < -0.39 is 11.7 Å². The van der Waals surface area contributed by atoms with E-state index in [-0.39, 0.29) is 23.4 Å². The molecule has 2 N–H and O–H groups in total. The molecular weight excluding hydrogens is 289 g/mol. The van der Waals surface area contributed by atoms with Crippen LogP contribution in [-0.4, -0.2) is 23.2 Å². The summed E-state index contributed by atoms with van der Waals surface area (Å²) in [6.07, 6.45) is -2.79. The van der Waals surface area contributed by atoms with Crippen molar-refractivity contribution < 1.29 is 18.3 Å². The lowest BCUT2D eigenvalue weighted by atomic mass is 10.2. The zero-order valence-electron chi connectivity index (χ0n) is 8.18. The number of nitrogens with one attached hydrogen (secondary N) is 1. The van der Waals surface area contributed by atoms with Gasteiger partial charge in [0.2, 0.25) is 0 Å². The van der Waals surface area contributed by atoms with Crippen molar-refractivity contribution >= 4 is 21.7 Å². The van der Waals surface area contributed by atoms with Gasteiger partial charge in [0.05, 0.1) is 5.56 Å². The summed E-state index contributed by atoms with van der Waals surface area (Å²) in [7, 11) is 0. The molecule has 3 nitrogen and oxygen atoms in total. The fraction of sp³-hybridized carbons (Fsp3) is 0.444. The third kappa shape index (κ3) is 3.64. The first-order valence-electron chi connectivity index (χ1n) is 4.52. The second kappa shape index (κ2) is 5.49. The maximum absolute atomic E-state index is 12.6. The summed E-state index contributed by atoms with van der Waals surface area (Å²) in [5.41, 5.74) is -0.820. The smallest absolute Gasteiger partial charge is 0.396 e. The molecule has 7 heteroatoms. The molecule has 0 spiro atoms. The van der Waals surface area contributed by atoms with E-state index in [1.807, 2.05) is 0 Å². The summed E-state index contributed by atoms with van der Waals surface area (Å²) in [4.78, 5) is 3.66. The van der Waals surface area contributed by atoms with Crippen molar-refractivity contribution in [2.24, 2.45) is 0 Å². The maximum Gasteiger partial charge on any atom is 0.419 e. The van der Waals surface area contributed by atoms with E-state index in [1.54, 1.807) is 0 Å². The number of rotatable bonds is 4. The standard InChI is InChI=1S/C9H10BrF3N2O/c10-6-4-7(9(11,12)13)8(15-5-6)14-2-1-3-16/h4-5,16H,1-3H2,(H,14,15). The minimum atomic E-state index is -4.45. The molecule has 0 aromatic carbocycles. The van der Waals surface area contributed by atoms with Crippen LogP contribution in [0.3, 0.4) is 0 Å². The molecule has 0 aliphatic heterocycles. The summed E-state index contributed by atoms with van der Waals surface area (Å²) in [6.45, 7) is 0.166. The zero-order chi connectivity index (χ0) is 12.2. The van der Waals surface area contributed by atoms with Gasteiger partial charge in [-0.1, -0.05) is 0 Å². The van der Waals surface area contributed by atoms with Crippen molar-refractivity contribution in [3.63, 3.8) is 0 Å². The molecule has 0 amide bonds. The van der Waals surface area contributed by atoms with Crippen LogP contribution >= 0.6 is 15.9 Å². The highest BCUT2D eigenvalue weighted by Crippen LogP contribution is 2.35. The molecule has 0 saturated heterocycles. The Bertz CT molecular complexity index is 357. The minimum Gasteiger partial charge on any atom is -0.396 e. The van der Waals surface area contributed by atoms with Crippen LogP contribution in [0.1, 0.15) is 12.0 Å². The molecule has 0 fully saturated rings. The Hall–Kier alpha value is -0.820. The van der Waals surface area contributed by atoms with Crippen molar-refractivity contribution in [2.45, 2.75) is 12.6 Å². The average molecular weight is 299 g/mol. The largest absolute Gasteiger partial charge is 0.419 e. The van der Waals surface area contributed by atoms with Crippen LogP contribution < -0.4 is 5.32 Å². The number of hydrogen-bond acceptors (Lipinski definition) is 3. The molecule has 90 valence electrons. The van der Waals surface area contributed by atoms with Crippen molar-refractivity contribution in [2.75, 3.05) is 18.5 Å². The lowest BCUT2D eigenvalue weighted by Crippen LogP contribution is -2.13. The Morgan fingerprint density at radius 2 is 2.12 bits per heavy atom. The first kappa shape index (κ1) is 13.2. The van der Waals surface area contributed by atoms with Crippen LogP contribution in [0.25, 0.3) is 0 Å². The van der Waals surface area contributed by atoms with Gasteiger partial charge in [0.25, 0.3) is 0 Å². The van der Waals surface area contributed by atoms with Gasteiger partial charge in [-0.3, -0.25) is 0 Å². The molecule has 0 radical (unpaired) electrons. The number of halogens is 4. The molecule has 0 bridgehead atoms. The zero-order valence-corrected chi connectivity index (χ0v) is 9.77. The molecule has 0 aliphatic rings. The summed E-state index contributed by atoms with van der Waals surface area (Å²) in [5.74, 6) is -0.218. The first-order chi connectivity index (χ1) is 7.45. The van der Waals surface area contributed by atoms with Crippen LogP contribution in [0.15, 0.2) is 16.7 Å². The summed E-state index contributed by atoms with van der Waals surface area (Å²) in [6, 6.07) is 0.967. The van der Waals surface area contributed by atoms with Gasteiger partial charge in [-0.15, -0.1) is 0 Å². The lowest BCUT2D eigenvalue weighted by Gasteiger charge is -2.13. The van der Waals surface area contributed by atoms with Gasteiger partial charge < -0.3 is 10.4 Å². The third-order valence-electron chi connectivity index (χ3n) is 1.79. The van der Waals surface area contributed by atoms with E-state index in [9.17, 15) is 13.2 Å². The van der Waals surface area contributed by atoms with Crippen LogP contribution in [0.5, 0.6) is 0 Å². The lowest BCUT2D eigenvalue weighted by molar-refractivity contribution is -0.137. The van der Waals surface area contributed by atoms with E-state index in [4.69, 9.17) is 5.11 Å². The van der Waals surface area contributed by atoms with Gasteiger partial charge in [0.1, 0.15) is 5.82 Å². The number of aromatic nitrogens is 1. The second-order valence-electron chi connectivity index (χ2n) is 3.05. The molecule has 0 aliphatic carbocycles. The fourth-order valence-electron chi connectivity index (χ4n) is 1.08. The predicted molar refractivity (Wildman–Crippen MR) is 57.1 cm³/mol. The maximum atomic E-state index is 12.6. The second-order valence-corrected chi connectivity index (χ2v) is 3.97. The van der Waals surface area contributed by atoms with Gasteiger partial charge in [-0.05, 0) is 28.4 Å². The Balaban J connectivity index is 2.90. The van der Waals surface area contributed by atoms with Crippen molar-refractivity contribution in [3.8, 4) is 0 Å². The topological polar surface area (TPSA) is 45.1 Å². The Labute approximate surface area is 98.8 Å². The molecule has 1 heterocycles. The van der Waals surface area contributed by atoms with Gasteiger partial charge in [0, 0.05) is 23.8 Å². The summed E-state index contributed by atoms with van der Waals surface area (Å²) >= 11 is 2.94. The van der Waals surface area contributed by atoms with Gasteiger partial charge in [0.15, 0.2) is 0 Å². The third-order valence-corrected chi connectivity index (χ3v) is 2.22. The Morgan fingerprint density at radius 1 is 1.44 bits per heavy atom. The minimum absolute atomic E-state index is 0.0785. The molecular formula is C9H10BrF3N2O. The van der Waals surface area contributed by atoms with Crippen LogP contribution in [-0.2, 0) is 6.18 Å². The molecule has 0 unspecified atom stereocenters. The summed E-state index contributed by atoms with van der Waals surface area (Å²) < 4.78 is 38.0. The van der Waals surface area contributed by atoms with Crippen molar-refractivity contribution in [3.05, 3.63) is 22.3 Å². The number of aliphatic hydroxyl groups excluding tert-OH is 1. The highest BCUT2D eigenvalue weighted by atomic mass is 79.9. The van der Waals surface area contributed by atoms with E-state index in [0.717, 1.165) is 6.07 Å². The Kier molecular flexibility index (Phi) is 4.55. The molecule has 1 aromatic rings. The molecule has 1 aromatic heterocycles. The predicted octanol–water partition coefficient (Wildman–Crippen LogP) is 2.66. The number of aliphatic hydroxyl groups is 1. The highest BCUT2D eigenvalue weighted by Gasteiger charge is 2.34. The Morgan fingerprint density at radius 3 is 2.69 bits per heavy atom. The molecule has 1 rings (SSSR count). The van der Waals surface area contributed by atoms with Gasteiger partial charge in [-0.2, -0.15) is 13.2 Å². The number of anilines is 1. The quantitative estimate of drug-likeness (QED) is 0.840. The van der Waals surface area contributed by atoms with Crippen molar-refractivity contribution in [1.82, 2.24) is 4.98 Å². The van der Waals surface area contributed by atoms with E-state index in [2.05, 4.69) is 26.2 Å². The normalized spacial score (nSPS) is 11.6. The fourth-order valence-corrected chi connectivity index (χ4v) is 1.41. The van der Waals surface area contributed by atoms with E-state index in [0.29, 0.717) is 6.42 Å². The number of alkyl halides is 3. The number of nitrogens with zero attached hydrogens (tertiary/aromatic N) is 1. The monoisotopic (exact) mass is 298 g/mol. The van der Waals surface area contributed by atoms with Gasteiger partial charge >= 0.3 is 6.18 Å². The van der Waals surface area contributed by atoms with Gasteiger partial charge in [-0.25, -0.2) is 4.98 Å². The molecule has 16 heavy (non-hydrogen) atoms. The SMILES string of the molecule is OCCCNc1ncc(Br)cc1C(F)(F)F. The molecule has 0 saturated carbocycles. The number of hydrogen-bond donors (Lipinski definition) is 2. The highest BCUT2D eigenvalue weighted by molar-refractivity contribution is 9.10. The van der Waals surface area contributed by atoms with E-state index >= 15 is 0 Å². The van der Waals surface area contributed by atoms with Crippen LogP contribution in [0.2, 0.25) is 0 Å².